The zero-order chi connectivity index (χ0) is 12.1. The summed E-state index contributed by atoms with van der Waals surface area (Å²) in [6, 6.07) is 0. The number of rotatable bonds is 5. The van der Waals surface area contributed by atoms with Gasteiger partial charge in [-0.05, 0) is 34.2 Å². The maximum atomic E-state index is 11.3. The van der Waals surface area contributed by atoms with E-state index < -0.39 is 0 Å². The molecule has 0 fully saturated rings. The number of hydrogen-bond donors (Lipinski definition) is 0. The SMILES string of the molecule is CCC(=O)N(C)CCCN(C)C(C)(C)C. The van der Waals surface area contributed by atoms with Gasteiger partial charge in [0.05, 0.1) is 0 Å². The first-order chi connectivity index (χ1) is 6.79. The molecule has 0 aromatic carbocycles. The Hall–Kier alpha value is -0.570. The first kappa shape index (κ1) is 14.4. The van der Waals surface area contributed by atoms with Crippen LogP contribution in [0.25, 0.3) is 0 Å². The van der Waals surface area contributed by atoms with Gasteiger partial charge in [-0.2, -0.15) is 0 Å². The second-order valence-corrected chi connectivity index (χ2v) is 5.11. The van der Waals surface area contributed by atoms with Crippen molar-refractivity contribution in [2.75, 3.05) is 27.2 Å². The minimum absolute atomic E-state index is 0.216. The van der Waals surface area contributed by atoms with E-state index in [1.54, 1.807) is 0 Å². The largest absolute Gasteiger partial charge is 0.346 e. The lowest BCUT2D eigenvalue weighted by Crippen LogP contribution is -2.40. The van der Waals surface area contributed by atoms with Crippen LogP contribution in [0.3, 0.4) is 0 Å². The summed E-state index contributed by atoms with van der Waals surface area (Å²) in [5.41, 5.74) is 0.216. The molecule has 90 valence electrons. The Balaban J connectivity index is 3.76. The van der Waals surface area contributed by atoms with Crippen LogP contribution in [0, 0.1) is 0 Å². The minimum Gasteiger partial charge on any atom is -0.346 e. The first-order valence-electron chi connectivity index (χ1n) is 5.74. The molecule has 0 unspecified atom stereocenters. The number of amides is 1. The zero-order valence-electron chi connectivity index (χ0n) is 11.1. The Kier molecular flexibility index (Phi) is 5.88. The van der Waals surface area contributed by atoms with Crippen molar-refractivity contribution in [3.8, 4) is 0 Å². The van der Waals surface area contributed by atoms with E-state index in [0.717, 1.165) is 19.5 Å². The average Bonchev–Trinajstić information content (AvgIpc) is 2.14. The Morgan fingerprint density at radius 2 is 1.67 bits per heavy atom. The summed E-state index contributed by atoms with van der Waals surface area (Å²) in [6.07, 6.45) is 1.64. The van der Waals surface area contributed by atoms with Crippen molar-refractivity contribution >= 4 is 5.91 Å². The van der Waals surface area contributed by atoms with Crippen molar-refractivity contribution in [2.45, 2.75) is 46.1 Å². The highest BCUT2D eigenvalue weighted by Gasteiger charge is 2.16. The van der Waals surface area contributed by atoms with E-state index in [9.17, 15) is 4.79 Å². The molecule has 0 bridgehead atoms. The standard InChI is InChI=1S/C12H26N2O/c1-7-11(15)13(5)9-8-10-14(6)12(2,3)4/h7-10H2,1-6H3. The van der Waals surface area contributed by atoms with Crippen LogP contribution in [0.15, 0.2) is 0 Å². The van der Waals surface area contributed by atoms with Crippen LogP contribution in [0.2, 0.25) is 0 Å². The molecule has 0 saturated heterocycles. The normalized spacial score (nSPS) is 11.9. The van der Waals surface area contributed by atoms with Crippen molar-refractivity contribution in [1.82, 2.24) is 9.80 Å². The molecule has 0 heterocycles. The van der Waals surface area contributed by atoms with E-state index >= 15 is 0 Å². The average molecular weight is 214 g/mol. The molecular formula is C12H26N2O. The van der Waals surface area contributed by atoms with Crippen LogP contribution in [0.5, 0.6) is 0 Å². The van der Waals surface area contributed by atoms with Crippen LogP contribution >= 0.6 is 0 Å². The fraction of sp³-hybridized carbons (Fsp3) is 0.917. The molecule has 0 saturated carbocycles. The Morgan fingerprint density at radius 1 is 1.13 bits per heavy atom. The molecule has 0 aliphatic heterocycles. The van der Waals surface area contributed by atoms with E-state index in [-0.39, 0.29) is 11.4 Å². The molecule has 0 atom stereocenters. The van der Waals surface area contributed by atoms with Gasteiger partial charge in [-0.1, -0.05) is 6.92 Å². The van der Waals surface area contributed by atoms with Crippen molar-refractivity contribution in [2.24, 2.45) is 0 Å². The van der Waals surface area contributed by atoms with E-state index in [1.165, 1.54) is 0 Å². The molecule has 0 aliphatic carbocycles. The highest BCUT2D eigenvalue weighted by molar-refractivity contribution is 5.75. The summed E-state index contributed by atoms with van der Waals surface area (Å²) < 4.78 is 0. The van der Waals surface area contributed by atoms with Gasteiger partial charge in [0.2, 0.25) is 5.91 Å². The Labute approximate surface area is 94.4 Å². The molecule has 1 amide bonds. The lowest BCUT2D eigenvalue weighted by atomic mass is 10.1. The van der Waals surface area contributed by atoms with Gasteiger partial charge in [-0.25, -0.2) is 0 Å². The second kappa shape index (κ2) is 6.11. The van der Waals surface area contributed by atoms with Crippen LogP contribution in [0.1, 0.15) is 40.5 Å². The van der Waals surface area contributed by atoms with Gasteiger partial charge in [-0.3, -0.25) is 4.79 Å². The highest BCUT2D eigenvalue weighted by Crippen LogP contribution is 2.10. The number of carbonyl (C=O) groups excluding carboxylic acids is 1. The topological polar surface area (TPSA) is 23.6 Å². The lowest BCUT2D eigenvalue weighted by Gasteiger charge is -2.32. The first-order valence-corrected chi connectivity index (χ1v) is 5.74. The van der Waals surface area contributed by atoms with Gasteiger partial charge >= 0.3 is 0 Å². The van der Waals surface area contributed by atoms with Crippen LogP contribution in [-0.2, 0) is 4.79 Å². The molecule has 0 aromatic rings. The molecule has 3 heteroatoms. The van der Waals surface area contributed by atoms with E-state index in [1.807, 2.05) is 18.9 Å². The van der Waals surface area contributed by atoms with Crippen molar-refractivity contribution in [3.05, 3.63) is 0 Å². The third-order valence-electron chi connectivity index (χ3n) is 2.86. The molecule has 0 aromatic heterocycles. The molecule has 0 spiro atoms. The van der Waals surface area contributed by atoms with E-state index in [0.29, 0.717) is 6.42 Å². The van der Waals surface area contributed by atoms with Gasteiger partial charge in [0, 0.05) is 32.1 Å². The van der Waals surface area contributed by atoms with Gasteiger partial charge in [0.25, 0.3) is 0 Å². The second-order valence-electron chi connectivity index (χ2n) is 5.11. The molecule has 3 nitrogen and oxygen atoms in total. The molecule has 0 aliphatic rings. The van der Waals surface area contributed by atoms with Crippen LogP contribution in [-0.4, -0.2) is 48.4 Å². The monoisotopic (exact) mass is 214 g/mol. The molecule has 0 N–H and O–H groups in total. The summed E-state index contributed by atoms with van der Waals surface area (Å²) >= 11 is 0. The highest BCUT2D eigenvalue weighted by atomic mass is 16.2. The quantitative estimate of drug-likeness (QED) is 0.698. The van der Waals surface area contributed by atoms with Crippen molar-refractivity contribution in [1.29, 1.82) is 0 Å². The fourth-order valence-electron chi connectivity index (χ4n) is 1.28. The maximum Gasteiger partial charge on any atom is 0.222 e. The van der Waals surface area contributed by atoms with E-state index in [2.05, 4.69) is 32.7 Å². The predicted octanol–water partition coefficient (Wildman–Crippen LogP) is 1.98. The van der Waals surface area contributed by atoms with Gasteiger partial charge in [-0.15, -0.1) is 0 Å². The van der Waals surface area contributed by atoms with Crippen LogP contribution < -0.4 is 0 Å². The smallest absolute Gasteiger partial charge is 0.222 e. The summed E-state index contributed by atoms with van der Waals surface area (Å²) in [6.45, 7) is 10.4. The molecular weight excluding hydrogens is 188 g/mol. The third-order valence-corrected chi connectivity index (χ3v) is 2.86. The van der Waals surface area contributed by atoms with Crippen molar-refractivity contribution < 1.29 is 4.79 Å². The lowest BCUT2D eigenvalue weighted by molar-refractivity contribution is -0.129. The fourth-order valence-corrected chi connectivity index (χ4v) is 1.28. The number of carbonyl (C=O) groups is 1. The zero-order valence-corrected chi connectivity index (χ0v) is 11.1. The molecule has 0 rings (SSSR count). The van der Waals surface area contributed by atoms with Gasteiger partial charge in [0.15, 0.2) is 0 Å². The molecule has 15 heavy (non-hydrogen) atoms. The third kappa shape index (κ3) is 5.78. The summed E-state index contributed by atoms with van der Waals surface area (Å²) in [7, 11) is 4.00. The number of hydrogen-bond acceptors (Lipinski definition) is 2. The van der Waals surface area contributed by atoms with Gasteiger partial charge in [0.1, 0.15) is 0 Å². The minimum atomic E-state index is 0.216. The summed E-state index contributed by atoms with van der Waals surface area (Å²) in [5, 5.41) is 0. The van der Waals surface area contributed by atoms with Crippen molar-refractivity contribution in [3.63, 3.8) is 0 Å². The predicted molar refractivity (Wildman–Crippen MR) is 64.9 cm³/mol. The van der Waals surface area contributed by atoms with Crippen LogP contribution in [0.4, 0.5) is 0 Å². The van der Waals surface area contributed by atoms with E-state index in [4.69, 9.17) is 0 Å². The Morgan fingerprint density at radius 3 is 2.07 bits per heavy atom. The molecule has 0 radical (unpaired) electrons. The Bertz CT molecular complexity index is 196. The maximum absolute atomic E-state index is 11.3. The number of nitrogens with zero attached hydrogens (tertiary/aromatic N) is 2. The van der Waals surface area contributed by atoms with Gasteiger partial charge < -0.3 is 9.80 Å². The summed E-state index contributed by atoms with van der Waals surface area (Å²) in [4.78, 5) is 15.4. The summed E-state index contributed by atoms with van der Waals surface area (Å²) in [5.74, 6) is 0.230.